The van der Waals surface area contributed by atoms with Crippen LogP contribution in [0.5, 0.6) is 17.2 Å². The zero-order chi connectivity index (χ0) is 26.0. The number of benzene rings is 2. The van der Waals surface area contributed by atoms with Gasteiger partial charge in [0.25, 0.3) is 5.56 Å². The maximum absolute atomic E-state index is 13.7. The van der Waals surface area contributed by atoms with Crippen molar-refractivity contribution in [2.24, 2.45) is 4.99 Å². The molecule has 0 amide bonds. The predicted molar refractivity (Wildman–Crippen MR) is 140 cm³/mol. The van der Waals surface area contributed by atoms with Gasteiger partial charge in [-0.15, -0.1) is 0 Å². The quantitative estimate of drug-likeness (QED) is 0.434. The molecular weight excluding hydrogens is 548 g/mol. The summed E-state index contributed by atoms with van der Waals surface area (Å²) in [5.74, 6) is 0.349. The molecule has 0 saturated carbocycles. The van der Waals surface area contributed by atoms with Gasteiger partial charge in [0.15, 0.2) is 16.3 Å². The molecule has 8 nitrogen and oxygen atoms in total. The minimum atomic E-state index is -0.733. The van der Waals surface area contributed by atoms with Gasteiger partial charge in [-0.05, 0) is 56.7 Å². The summed E-state index contributed by atoms with van der Waals surface area (Å²) in [4.78, 5) is 31.7. The maximum Gasteiger partial charge on any atom is 0.338 e. The van der Waals surface area contributed by atoms with Gasteiger partial charge in [-0.25, -0.2) is 9.79 Å². The maximum atomic E-state index is 13.7. The highest BCUT2D eigenvalue weighted by molar-refractivity contribution is 9.10. The molecule has 0 fully saturated rings. The summed E-state index contributed by atoms with van der Waals surface area (Å²) in [5, 5.41) is 10.6. The van der Waals surface area contributed by atoms with Gasteiger partial charge >= 0.3 is 5.97 Å². The van der Waals surface area contributed by atoms with Crippen molar-refractivity contribution in [1.82, 2.24) is 4.57 Å². The van der Waals surface area contributed by atoms with Crippen molar-refractivity contribution in [3.8, 4) is 17.2 Å². The smallest absolute Gasteiger partial charge is 0.338 e. The van der Waals surface area contributed by atoms with Gasteiger partial charge < -0.3 is 19.3 Å². The normalized spacial score (nSPS) is 15.4. The summed E-state index contributed by atoms with van der Waals surface area (Å²) in [5.41, 5.74) is 1.56. The molecule has 2 aromatic carbocycles. The van der Waals surface area contributed by atoms with Crippen LogP contribution in [0.15, 0.2) is 61.9 Å². The van der Waals surface area contributed by atoms with Crippen LogP contribution in [0, 0.1) is 0 Å². The lowest BCUT2D eigenvalue weighted by Crippen LogP contribution is -2.39. The Morgan fingerprint density at radius 2 is 1.94 bits per heavy atom. The first-order chi connectivity index (χ1) is 17.3. The minimum absolute atomic E-state index is 0.0852. The summed E-state index contributed by atoms with van der Waals surface area (Å²) in [7, 11) is 1.45. The number of methoxy groups -OCH3 is 1. The van der Waals surface area contributed by atoms with Crippen LogP contribution in [0.2, 0.25) is 0 Å². The van der Waals surface area contributed by atoms with E-state index in [4.69, 9.17) is 14.2 Å². The number of carbonyl (C=O) groups excluding carboxylic acids is 1. The first kappa shape index (κ1) is 25.7. The second-order valence-electron chi connectivity index (χ2n) is 7.85. The first-order valence-electron chi connectivity index (χ1n) is 11.3. The Morgan fingerprint density at radius 3 is 2.58 bits per heavy atom. The van der Waals surface area contributed by atoms with Gasteiger partial charge in [0, 0.05) is 10.0 Å². The number of aromatic hydroxyl groups is 1. The Hall–Kier alpha value is -3.37. The minimum Gasteiger partial charge on any atom is -0.504 e. The van der Waals surface area contributed by atoms with Crippen molar-refractivity contribution in [1.29, 1.82) is 0 Å². The average molecular weight is 573 g/mol. The van der Waals surface area contributed by atoms with Crippen LogP contribution in [0.3, 0.4) is 0 Å². The molecular formula is C26H25BrN2O6S. The van der Waals surface area contributed by atoms with Crippen molar-refractivity contribution in [3.63, 3.8) is 0 Å². The van der Waals surface area contributed by atoms with Gasteiger partial charge in [-0.1, -0.05) is 39.4 Å². The van der Waals surface area contributed by atoms with Crippen LogP contribution < -0.4 is 24.4 Å². The highest BCUT2D eigenvalue weighted by Crippen LogP contribution is 2.34. The lowest BCUT2D eigenvalue weighted by molar-refractivity contribution is -0.139. The fourth-order valence-electron chi connectivity index (χ4n) is 4.02. The molecule has 0 bridgehead atoms. The number of thiazole rings is 1. The van der Waals surface area contributed by atoms with Gasteiger partial charge in [-0.2, -0.15) is 0 Å². The van der Waals surface area contributed by atoms with Crippen molar-refractivity contribution in [2.75, 3.05) is 20.3 Å². The molecule has 1 atom stereocenters. The molecule has 3 aromatic rings. The molecule has 1 N–H and O–H groups in total. The van der Waals surface area contributed by atoms with E-state index in [0.29, 0.717) is 43.0 Å². The number of fused-ring (bicyclic) bond motifs is 1. The number of allylic oxidation sites excluding steroid dienone is 1. The van der Waals surface area contributed by atoms with Crippen LogP contribution in [0.25, 0.3) is 6.08 Å². The van der Waals surface area contributed by atoms with Crippen LogP contribution >= 0.6 is 27.3 Å². The van der Waals surface area contributed by atoms with E-state index in [2.05, 4.69) is 20.9 Å². The van der Waals surface area contributed by atoms with E-state index in [0.717, 1.165) is 5.56 Å². The molecule has 0 saturated heterocycles. The Morgan fingerprint density at radius 1 is 1.22 bits per heavy atom. The molecule has 1 aliphatic heterocycles. The fraction of sp³-hybridized carbons (Fsp3) is 0.269. The van der Waals surface area contributed by atoms with E-state index in [1.165, 1.54) is 23.0 Å². The lowest BCUT2D eigenvalue weighted by atomic mass is 9.96. The molecule has 0 unspecified atom stereocenters. The summed E-state index contributed by atoms with van der Waals surface area (Å²) in [6, 6.07) is 9.86. The Balaban J connectivity index is 1.94. The van der Waals surface area contributed by atoms with Crippen LogP contribution in [-0.2, 0) is 9.53 Å². The number of nitrogens with zero attached hydrogens (tertiary/aromatic N) is 2. The van der Waals surface area contributed by atoms with E-state index in [-0.39, 0.29) is 23.7 Å². The van der Waals surface area contributed by atoms with Crippen molar-refractivity contribution < 1.29 is 24.1 Å². The Labute approximate surface area is 219 Å². The van der Waals surface area contributed by atoms with Gasteiger partial charge in [-0.3, -0.25) is 9.36 Å². The third kappa shape index (κ3) is 4.83. The number of rotatable bonds is 7. The molecule has 36 heavy (non-hydrogen) atoms. The molecule has 10 heteroatoms. The molecule has 188 valence electrons. The molecule has 0 aliphatic carbocycles. The van der Waals surface area contributed by atoms with E-state index in [1.54, 1.807) is 44.2 Å². The second-order valence-corrected chi connectivity index (χ2v) is 9.77. The van der Waals surface area contributed by atoms with E-state index < -0.39 is 12.0 Å². The highest BCUT2D eigenvalue weighted by Gasteiger charge is 2.33. The zero-order valence-electron chi connectivity index (χ0n) is 20.2. The van der Waals surface area contributed by atoms with Gasteiger partial charge in [0.2, 0.25) is 0 Å². The summed E-state index contributed by atoms with van der Waals surface area (Å²) in [6.45, 7) is 6.08. The van der Waals surface area contributed by atoms with Crippen LogP contribution in [-0.4, -0.2) is 36.0 Å². The average Bonchev–Trinajstić information content (AvgIpc) is 3.15. The predicted octanol–water partition coefficient (Wildman–Crippen LogP) is 3.67. The SMILES string of the molecule is CCOC(=O)C1=C(C)N=c2sc(=Cc3cc(Br)cc(OC)c3O)c(=O)n2[C@H]1c1ccc(OCC)cc1. The van der Waals surface area contributed by atoms with Crippen molar-refractivity contribution in [3.05, 3.63) is 83.0 Å². The van der Waals surface area contributed by atoms with Crippen LogP contribution in [0.1, 0.15) is 37.9 Å². The standard InChI is InChI=1S/C26H25BrN2O6S/c1-5-34-18-9-7-15(8-10-18)22-21(25(32)35-6-2)14(3)28-26-29(22)24(31)20(36-26)12-16-11-17(27)13-19(33-4)23(16)30/h7-13,22,30H,5-6H2,1-4H3/t22-/m0/s1. The number of hydrogen-bond acceptors (Lipinski definition) is 8. The number of ether oxygens (including phenoxy) is 3. The molecule has 1 aromatic heterocycles. The number of hydrogen-bond donors (Lipinski definition) is 1. The largest absolute Gasteiger partial charge is 0.504 e. The van der Waals surface area contributed by atoms with Crippen molar-refractivity contribution in [2.45, 2.75) is 26.8 Å². The third-order valence-corrected chi connectivity index (χ3v) is 7.04. The highest BCUT2D eigenvalue weighted by atomic mass is 79.9. The molecule has 1 aliphatic rings. The van der Waals surface area contributed by atoms with Crippen molar-refractivity contribution >= 4 is 39.3 Å². The number of phenols is 1. The number of aromatic nitrogens is 1. The van der Waals surface area contributed by atoms with E-state index in [9.17, 15) is 14.7 Å². The molecule has 4 rings (SSSR count). The number of carbonyl (C=O) groups is 1. The monoisotopic (exact) mass is 572 g/mol. The Kier molecular flexibility index (Phi) is 7.65. The summed E-state index contributed by atoms with van der Waals surface area (Å²) < 4.78 is 18.6. The topological polar surface area (TPSA) is 99.4 Å². The second kappa shape index (κ2) is 10.7. The molecule has 0 spiro atoms. The number of halogens is 1. The summed E-state index contributed by atoms with van der Waals surface area (Å²) in [6.07, 6.45) is 1.59. The third-order valence-electron chi connectivity index (χ3n) is 5.60. The van der Waals surface area contributed by atoms with Crippen LogP contribution in [0.4, 0.5) is 0 Å². The Bertz CT molecular complexity index is 1520. The fourth-order valence-corrected chi connectivity index (χ4v) is 5.51. The lowest BCUT2D eigenvalue weighted by Gasteiger charge is -2.24. The van der Waals surface area contributed by atoms with Gasteiger partial charge in [0.05, 0.1) is 42.2 Å². The summed E-state index contributed by atoms with van der Waals surface area (Å²) >= 11 is 4.58. The zero-order valence-corrected chi connectivity index (χ0v) is 22.6. The van der Waals surface area contributed by atoms with E-state index >= 15 is 0 Å². The van der Waals surface area contributed by atoms with Gasteiger partial charge in [0.1, 0.15) is 5.75 Å². The number of phenolic OH excluding ortho intramolecular Hbond substituents is 1. The molecule has 0 radical (unpaired) electrons. The first-order valence-corrected chi connectivity index (χ1v) is 12.9. The number of esters is 1. The van der Waals surface area contributed by atoms with E-state index in [1.807, 2.05) is 19.1 Å². The molecule has 2 heterocycles.